The van der Waals surface area contributed by atoms with E-state index < -0.39 is 15.9 Å². The monoisotopic (exact) mass is 284 g/mol. The van der Waals surface area contributed by atoms with E-state index in [2.05, 4.69) is 0 Å². The van der Waals surface area contributed by atoms with Crippen LogP contribution in [0.4, 0.5) is 0 Å². The minimum Gasteiger partial charge on any atom is -0.329 e. The highest BCUT2D eigenvalue weighted by molar-refractivity contribution is 7.94. The van der Waals surface area contributed by atoms with Gasteiger partial charge in [-0.05, 0) is 25.3 Å². The second-order valence-electron chi connectivity index (χ2n) is 5.29. The van der Waals surface area contributed by atoms with Gasteiger partial charge in [0.2, 0.25) is 11.8 Å². The molecule has 3 aliphatic rings. The highest BCUT2D eigenvalue weighted by Crippen LogP contribution is 2.26. The zero-order valence-electron chi connectivity index (χ0n) is 10.5. The van der Waals surface area contributed by atoms with Gasteiger partial charge in [-0.2, -0.15) is 0 Å². The number of sulfone groups is 1. The predicted octanol–water partition coefficient (Wildman–Crippen LogP) is -0.480. The van der Waals surface area contributed by atoms with Crippen LogP contribution in [-0.2, 0) is 19.4 Å². The summed E-state index contributed by atoms with van der Waals surface area (Å²) < 4.78 is 22.9. The smallest absolute Gasteiger partial charge is 0.246 e. The van der Waals surface area contributed by atoms with Gasteiger partial charge >= 0.3 is 0 Å². The predicted molar refractivity (Wildman–Crippen MR) is 67.8 cm³/mol. The summed E-state index contributed by atoms with van der Waals surface area (Å²) in [7, 11) is -3.21. The molecule has 3 rings (SSSR count). The lowest BCUT2D eigenvalue weighted by Gasteiger charge is -2.44. The molecule has 3 heterocycles. The molecule has 2 atom stereocenters. The van der Waals surface area contributed by atoms with Crippen molar-refractivity contribution in [1.82, 2.24) is 9.80 Å². The maximum atomic E-state index is 12.4. The van der Waals surface area contributed by atoms with Gasteiger partial charge in [0.15, 0.2) is 9.84 Å². The minimum absolute atomic E-state index is 0.000139. The standard InChI is InChI=1S/C12H16N2O4S/c15-11-7-14(9-4-6-19(17,18)8-9)12(16)10-3-1-2-5-13(10)11/h4,6,9-10H,1-3,5,7-8H2. The summed E-state index contributed by atoms with van der Waals surface area (Å²) in [6.07, 6.45) is 4.07. The number of carbonyl (C=O) groups is 2. The number of hydrogen-bond donors (Lipinski definition) is 0. The van der Waals surface area contributed by atoms with Crippen LogP contribution in [-0.4, -0.2) is 61.0 Å². The SMILES string of the molecule is O=C1C2CCCCN2C(=O)CN1C1C=CS(=O)(=O)C1. The van der Waals surface area contributed by atoms with Crippen molar-refractivity contribution in [2.24, 2.45) is 0 Å². The van der Waals surface area contributed by atoms with Gasteiger partial charge in [0, 0.05) is 12.0 Å². The number of rotatable bonds is 1. The number of piperidine rings is 1. The van der Waals surface area contributed by atoms with Gasteiger partial charge in [-0.15, -0.1) is 0 Å². The van der Waals surface area contributed by atoms with E-state index in [0.29, 0.717) is 13.0 Å². The van der Waals surface area contributed by atoms with Crippen LogP contribution in [0.25, 0.3) is 0 Å². The molecule has 0 radical (unpaired) electrons. The Balaban J connectivity index is 1.82. The van der Waals surface area contributed by atoms with Crippen LogP contribution in [0.2, 0.25) is 0 Å². The third-order valence-electron chi connectivity index (χ3n) is 4.01. The fourth-order valence-corrected chi connectivity index (χ4v) is 4.33. The average molecular weight is 284 g/mol. The maximum Gasteiger partial charge on any atom is 0.246 e. The molecule has 0 bridgehead atoms. The van der Waals surface area contributed by atoms with Gasteiger partial charge in [0.25, 0.3) is 0 Å². The van der Waals surface area contributed by atoms with Crippen molar-refractivity contribution < 1.29 is 18.0 Å². The topological polar surface area (TPSA) is 74.8 Å². The van der Waals surface area contributed by atoms with Crippen molar-refractivity contribution in [3.05, 3.63) is 11.5 Å². The Morgan fingerprint density at radius 2 is 1.95 bits per heavy atom. The van der Waals surface area contributed by atoms with Crippen LogP contribution < -0.4 is 0 Å². The number of nitrogens with zero attached hydrogens (tertiary/aromatic N) is 2. The highest BCUT2D eigenvalue weighted by Gasteiger charge is 2.43. The largest absolute Gasteiger partial charge is 0.329 e. The van der Waals surface area contributed by atoms with E-state index in [9.17, 15) is 18.0 Å². The first-order valence-electron chi connectivity index (χ1n) is 6.49. The molecule has 0 spiro atoms. The fourth-order valence-electron chi connectivity index (χ4n) is 3.03. The van der Waals surface area contributed by atoms with Crippen LogP contribution in [0.3, 0.4) is 0 Å². The molecule has 3 aliphatic heterocycles. The van der Waals surface area contributed by atoms with Crippen LogP contribution in [0.1, 0.15) is 19.3 Å². The van der Waals surface area contributed by atoms with Crippen LogP contribution in [0.15, 0.2) is 11.5 Å². The third kappa shape index (κ3) is 2.16. The van der Waals surface area contributed by atoms with Crippen molar-refractivity contribution in [2.45, 2.75) is 31.3 Å². The fraction of sp³-hybridized carbons (Fsp3) is 0.667. The summed E-state index contributed by atoms with van der Waals surface area (Å²) in [5, 5.41) is 1.14. The van der Waals surface area contributed by atoms with E-state index in [1.165, 1.54) is 11.0 Å². The van der Waals surface area contributed by atoms with E-state index in [0.717, 1.165) is 18.2 Å². The number of piperazine rings is 1. The van der Waals surface area contributed by atoms with Gasteiger partial charge in [-0.3, -0.25) is 9.59 Å². The van der Waals surface area contributed by atoms with E-state index in [-0.39, 0.29) is 30.2 Å². The van der Waals surface area contributed by atoms with E-state index >= 15 is 0 Å². The quantitative estimate of drug-likeness (QED) is 0.652. The van der Waals surface area contributed by atoms with Gasteiger partial charge in [0.05, 0.1) is 11.8 Å². The van der Waals surface area contributed by atoms with Crippen LogP contribution >= 0.6 is 0 Å². The van der Waals surface area contributed by atoms with Crippen LogP contribution in [0.5, 0.6) is 0 Å². The Bertz CT molecular complexity index is 554. The van der Waals surface area contributed by atoms with Gasteiger partial charge in [-0.25, -0.2) is 8.42 Å². The van der Waals surface area contributed by atoms with Crippen molar-refractivity contribution >= 4 is 21.7 Å². The first-order chi connectivity index (χ1) is 8.98. The van der Waals surface area contributed by atoms with Gasteiger partial charge < -0.3 is 9.80 Å². The average Bonchev–Trinajstić information content (AvgIpc) is 2.74. The zero-order chi connectivity index (χ0) is 13.6. The van der Waals surface area contributed by atoms with E-state index in [1.807, 2.05) is 0 Å². The molecule has 6 nitrogen and oxygen atoms in total. The summed E-state index contributed by atoms with van der Waals surface area (Å²) >= 11 is 0. The second-order valence-corrected chi connectivity index (χ2v) is 7.22. The lowest BCUT2D eigenvalue weighted by atomic mass is 9.97. The Morgan fingerprint density at radius 1 is 1.16 bits per heavy atom. The Morgan fingerprint density at radius 3 is 2.63 bits per heavy atom. The first-order valence-corrected chi connectivity index (χ1v) is 8.20. The molecule has 0 aromatic heterocycles. The summed E-state index contributed by atoms with van der Waals surface area (Å²) in [6, 6.07) is -0.864. The molecular weight excluding hydrogens is 268 g/mol. The molecule has 19 heavy (non-hydrogen) atoms. The van der Waals surface area contributed by atoms with Crippen molar-refractivity contribution in [1.29, 1.82) is 0 Å². The van der Waals surface area contributed by atoms with Crippen molar-refractivity contribution in [3.63, 3.8) is 0 Å². The lowest BCUT2D eigenvalue weighted by Crippen LogP contribution is -2.63. The van der Waals surface area contributed by atoms with Crippen molar-refractivity contribution in [2.75, 3.05) is 18.8 Å². The molecule has 7 heteroatoms. The Labute approximate surface area is 112 Å². The molecule has 2 amide bonds. The number of amides is 2. The third-order valence-corrected chi connectivity index (χ3v) is 5.39. The molecular formula is C12H16N2O4S. The number of hydrogen-bond acceptors (Lipinski definition) is 4. The molecule has 2 unspecified atom stereocenters. The van der Waals surface area contributed by atoms with Gasteiger partial charge in [-0.1, -0.05) is 0 Å². The molecule has 0 N–H and O–H groups in total. The summed E-state index contributed by atoms with van der Waals surface area (Å²) in [6.45, 7) is 0.641. The molecule has 0 aromatic rings. The first kappa shape index (κ1) is 12.7. The molecule has 0 saturated carbocycles. The summed E-state index contributed by atoms with van der Waals surface area (Å²) in [4.78, 5) is 27.5. The number of fused-ring (bicyclic) bond motifs is 1. The summed E-state index contributed by atoms with van der Waals surface area (Å²) in [5.74, 6) is -0.272. The zero-order valence-corrected chi connectivity index (χ0v) is 11.3. The number of carbonyl (C=O) groups excluding carboxylic acids is 2. The molecule has 2 saturated heterocycles. The molecule has 2 fully saturated rings. The highest BCUT2D eigenvalue weighted by atomic mass is 32.2. The van der Waals surface area contributed by atoms with Gasteiger partial charge in [0.1, 0.15) is 12.6 Å². The van der Waals surface area contributed by atoms with E-state index in [4.69, 9.17) is 0 Å². The van der Waals surface area contributed by atoms with E-state index in [1.54, 1.807) is 4.90 Å². The Hall–Kier alpha value is -1.37. The molecule has 104 valence electrons. The Kier molecular flexibility index (Phi) is 2.88. The minimum atomic E-state index is -3.21. The molecule has 0 aromatic carbocycles. The molecule has 0 aliphatic carbocycles. The van der Waals surface area contributed by atoms with Crippen LogP contribution in [0, 0.1) is 0 Å². The normalized spacial score (nSPS) is 33.7. The van der Waals surface area contributed by atoms with Crippen molar-refractivity contribution in [3.8, 4) is 0 Å². The maximum absolute atomic E-state index is 12.4. The lowest BCUT2D eigenvalue weighted by molar-refractivity contribution is -0.158. The second kappa shape index (κ2) is 4.33. The summed E-state index contributed by atoms with van der Waals surface area (Å²) in [5.41, 5.74) is 0.